The lowest BCUT2D eigenvalue weighted by Crippen LogP contribution is -2.12. The Kier molecular flexibility index (Phi) is 2.38. The van der Waals surface area contributed by atoms with Crippen molar-refractivity contribution >= 4 is 23.7 Å². The molecule has 0 aliphatic heterocycles. The van der Waals surface area contributed by atoms with Gasteiger partial charge >= 0.3 is 0 Å². The average Bonchev–Trinajstić information content (AvgIpc) is 2.33. The van der Waals surface area contributed by atoms with Crippen LogP contribution in [0.15, 0.2) is 42.5 Å². The molecule has 1 aliphatic carbocycles. The summed E-state index contributed by atoms with van der Waals surface area (Å²) in [7, 11) is 0. The molecule has 18 heavy (non-hydrogen) atoms. The second-order valence-corrected chi connectivity index (χ2v) is 4.15. The Bertz CT molecular complexity index is 659. The Morgan fingerprint density at radius 2 is 1.78 bits per heavy atom. The molecule has 0 radical (unpaired) electrons. The topological polar surface area (TPSA) is 49.3 Å². The summed E-state index contributed by atoms with van der Waals surface area (Å²) in [5.41, 5.74) is 3.22. The van der Waals surface area contributed by atoms with Gasteiger partial charge in [-0.25, -0.2) is 0 Å². The van der Waals surface area contributed by atoms with E-state index in [0.29, 0.717) is 11.3 Å². The summed E-state index contributed by atoms with van der Waals surface area (Å²) in [4.78, 5) is 12.0. The van der Waals surface area contributed by atoms with Crippen LogP contribution in [0.4, 0.5) is 5.69 Å². The van der Waals surface area contributed by atoms with Gasteiger partial charge < -0.3 is 10.4 Å². The zero-order valence-corrected chi connectivity index (χ0v) is 9.55. The van der Waals surface area contributed by atoms with Crippen LogP contribution in [0.25, 0.3) is 12.2 Å². The highest BCUT2D eigenvalue weighted by Gasteiger charge is 2.12. The SMILES string of the molecule is O=C(Nc1ccccc1O)c1ccc2c(c1)C=C2. The van der Waals surface area contributed by atoms with Gasteiger partial charge in [-0.2, -0.15) is 0 Å². The van der Waals surface area contributed by atoms with Crippen LogP contribution in [0.2, 0.25) is 0 Å². The number of para-hydroxylation sites is 2. The molecule has 0 heterocycles. The van der Waals surface area contributed by atoms with Crippen molar-refractivity contribution in [3.05, 3.63) is 59.2 Å². The Morgan fingerprint density at radius 3 is 2.44 bits per heavy atom. The zero-order chi connectivity index (χ0) is 12.5. The number of hydrogen-bond donors (Lipinski definition) is 2. The molecule has 2 aromatic rings. The van der Waals surface area contributed by atoms with Gasteiger partial charge in [0.25, 0.3) is 5.91 Å². The number of phenols is 1. The molecule has 0 saturated carbocycles. The van der Waals surface area contributed by atoms with Crippen molar-refractivity contribution in [1.82, 2.24) is 0 Å². The molecule has 0 saturated heterocycles. The van der Waals surface area contributed by atoms with Gasteiger partial charge in [0.05, 0.1) is 5.69 Å². The quantitative estimate of drug-likeness (QED) is 0.673. The van der Waals surface area contributed by atoms with E-state index in [0.717, 1.165) is 11.1 Å². The lowest BCUT2D eigenvalue weighted by molar-refractivity contribution is 0.102. The number of benzene rings is 2. The molecule has 1 amide bonds. The Hall–Kier alpha value is -2.55. The maximum absolute atomic E-state index is 12.0. The molecule has 3 heteroatoms. The number of phenolic OH excluding ortho intramolecular Hbond substituents is 1. The third kappa shape index (κ3) is 1.76. The van der Waals surface area contributed by atoms with Crippen molar-refractivity contribution in [2.24, 2.45) is 0 Å². The van der Waals surface area contributed by atoms with Crippen molar-refractivity contribution < 1.29 is 9.90 Å². The first kappa shape index (κ1) is 10.6. The molecule has 88 valence electrons. The molecule has 0 fully saturated rings. The first-order valence-corrected chi connectivity index (χ1v) is 5.65. The number of carbonyl (C=O) groups excluding carboxylic acids is 1. The highest BCUT2D eigenvalue weighted by atomic mass is 16.3. The minimum Gasteiger partial charge on any atom is -0.506 e. The second-order valence-electron chi connectivity index (χ2n) is 4.15. The minimum absolute atomic E-state index is 0.0645. The Balaban J connectivity index is 1.83. The van der Waals surface area contributed by atoms with Gasteiger partial charge in [0.15, 0.2) is 0 Å². The minimum atomic E-state index is -0.223. The fraction of sp³-hybridized carbons (Fsp3) is 0. The molecule has 2 aromatic carbocycles. The van der Waals surface area contributed by atoms with Gasteiger partial charge in [0.1, 0.15) is 5.75 Å². The van der Waals surface area contributed by atoms with Crippen LogP contribution in [0.5, 0.6) is 5.75 Å². The number of fused-ring (bicyclic) bond motifs is 1. The van der Waals surface area contributed by atoms with Crippen LogP contribution in [0.3, 0.4) is 0 Å². The lowest BCUT2D eigenvalue weighted by Gasteiger charge is -2.12. The summed E-state index contributed by atoms with van der Waals surface area (Å²) >= 11 is 0. The number of nitrogens with one attached hydrogen (secondary N) is 1. The molecule has 0 aromatic heterocycles. The van der Waals surface area contributed by atoms with E-state index in [4.69, 9.17) is 0 Å². The molecule has 3 nitrogen and oxygen atoms in total. The number of hydrogen-bond acceptors (Lipinski definition) is 2. The third-order valence-corrected chi connectivity index (χ3v) is 2.94. The van der Waals surface area contributed by atoms with Gasteiger partial charge in [-0.15, -0.1) is 0 Å². The molecular formula is C15H11NO2. The molecule has 0 bridgehead atoms. The fourth-order valence-corrected chi connectivity index (χ4v) is 1.87. The van der Waals surface area contributed by atoms with Crippen molar-refractivity contribution in [2.75, 3.05) is 5.32 Å². The van der Waals surface area contributed by atoms with E-state index in [2.05, 4.69) is 5.32 Å². The van der Waals surface area contributed by atoms with Crippen LogP contribution in [-0.2, 0) is 0 Å². The fourth-order valence-electron chi connectivity index (χ4n) is 1.87. The Morgan fingerprint density at radius 1 is 1.00 bits per heavy atom. The summed E-state index contributed by atoms with van der Waals surface area (Å²) in [6.45, 7) is 0. The summed E-state index contributed by atoms with van der Waals surface area (Å²) < 4.78 is 0. The Labute approximate surface area is 104 Å². The predicted molar refractivity (Wildman–Crippen MR) is 71.4 cm³/mol. The van der Waals surface area contributed by atoms with Crippen molar-refractivity contribution in [3.8, 4) is 5.75 Å². The largest absolute Gasteiger partial charge is 0.506 e. The number of aromatic hydroxyl groups is 1. The van der Waals surface area contributed by atoms with Crippen LogP contribution in [0, 0.1) is 0 Å². The monoisotopic (exact) mass is 237 g/mol. The molecule has 0 spiro atoms. The van der Waals surface area contributed by atoms with Gasteiger partial charge in [-0.05, 0) is 35.4 Å². The zero-order valence-electron chi connectivity index (χ0n) is 9.55. The molecule has 3 rings (SSSR count). The lowest BCUT2D eigenvalue weighted by atomic mass is 9.95. The van der Waals surface area contributed by atoms with E-state index >= 15 is 0 Å². The van der Waals surface area contributed by atoms with Crippen molar-refractivity contribution in [3.63, 3.8) is 0 Å². The predicted octanol–water partition coefficient (Wildman–Crippen LogP) is 3.13. The van der Waals surface area contributed by atoms with Crippen LogP contribution < -0.4 is 5.32 Å². The van der Waals surface area contributed by atoms with E-state index < -0.39 is 0 Å². The summed E-state index contributed by atoms with van der Waals surface area (Å²) in [6, 6.07) is 12.2. The average molecular weight is 237 g/mol. The molecule has 0 unspecified atom stereocenters. The smallest absolute Gasteiger partial charge is 0.255 e. The van der Waals surface area contributed by atoms with E-state index in [1.54, 1.807) is 24.3 Å². The van der Waals surface area contributed by atoms with Crippen LogP contribution in [-0.4, -0.2) is 11.0 Å². The van der Waals surface area contributed by atoms with E-state index in [1.807, 2.05) is 24.3 Å². The van der Waals surface area contributed by atoms with Crippen molar-refractivity contribution in [2.45, 2.75) is 0 Å². The molecule has 1 aliphatic rings. The normalized spacial score (nSPS) is 11.6. The first-order valence-electron chi connectivity index (χ1n) is 5.65. The summed E-state index contributed by atoms with van der Waals surface area (Å²) in [5.74, 6) is -0.158. The molecular weight excluding hydrogens is 226 g/mol. The third-order valence-electron chi connectivity index (χ3n) is 2.94. The molecule has 0 atom stereocenters. The van der Waals surface area contributed by atoms with Gasteiger partial charge in [-0.3, -0.25) is 4.79 Å². The number of rotatable bonds is 2. The second kappa shape index (κ2) is 4.04. The highest BCUT2D eigenvalue weighted by Crippen LogP contribution is 2.26. The van der Waals surface area contributed by atoms with Gasteiger partial charge in [0, 0.05) is 5.56 Å². The first-order chi connectivity index (χ1) is 8.74. The van der Waals surface area contributed by atoms with E-state index in [-0.39, 0.29) is 11.7 Å². The standard InChI is InChI=1S/C15H11NO2/c17-14-4-2-1-3-13(14)16-15(18)12-8-6-10-5-7-11(10)9-12/h1-9,17H,(H,16,18). The number of anilines is 1. The van der Waals surface area contributed by atoms with Crippen LogP contribution >= 0.6 is 0 Å². The van der Waals surface area contributed by atoms with Gasteiger partial charge in [-0.1, -0.05) is 30.4 Å². The number of carbonyl (C=O) groups is 1. The molecule has 2 N–H and O–H groups in total. The van der Waals surface area contributed by atoms with E-state index in [9.17, 15) is 9.90 Å². The maximum atomic E-state index is 12.0. The van der Waals surface area contributed by atoms with E-state index in [1.165, 1.54) is 6.07 Å². The number of amides is 1. The van der Waals surface area contributed by atoms with Crippen LogP contribution in [0.1, 0.15) is 21.5 Å². The summed E-state index contributed by atoms with van der Waals surface area (Å²) in [5, 5.41) is 12.3. The van der Waals surface area contributed by atoms with Crippen molar-refractivity contribution in [1.29, 1.82) is 0 Å². The highest BCUT2D eigenvalue weighted by molar-refractivity contribution is 6.06. The summed E-state index contributed by atoms with van der Waals surface area (Å²) in [6.07, 6.45) is 3.96. The maximum Gasteiger partial charge on any atom is 0.255 e. The van der Waals surface area contributed by atoms with Gasteiger partial charge in [0.2, 0.25) is 0 Å².